The Morgan fingerprint density at radius 1 is 1.04 bits per heavy atom. The van der Waals surface area contributed by atoms with Crippen molar-refractivity contribution in [1.82, 2.24) is 5.32 Å². The molecule has 2 aromatic carbocycles. The fourth-order valence-corrected chi connectivity index (χ4v) is 3.18. The van der Waals surface area contributed by atoms with Gasteiger partial charge in [0.15, 0.2) is 0 Å². The summed E-state index contributed by atoms with van der Waals surface area (Å²) in [7, 11) is 0. The van der Waals surface area contributed by atoms with Gasteiger partial charge in [0, 0.05) is 18.5 Å². The summed E-state index contributed by atoms with van der Waals surface area (Å²) in [4.78, 5) is 12.3. The minimum absolute atomic E-state index is 0. The Morgan fingerprint density at radius 2 is 1.56 bits per heavy atom. The summed E-state index contributed by atoms with van der Waals surface area (Å²) in [5.74, 6) is 0.00251. The van der Waals surface area contributed by atoms with Gasteiger partial charge in [-0.25, -0.2) is 0 Å². The number of halogens is 1. The van der Waals surface area contributed by atoms with Crippen LogP contribution < -0.4 is 11.1 Å². The van der Waals surface area contributed by atoms with Crippen LogP contribution in [0, 0.1) is 0 Å². The van der Waals surface area contributed by atoms with Gasteiger partial charge in [-0.2, -0.15) is 0 Å². The molecule has 25 heavy (non-hydrogen) atoms. The predicted octanol–water partition coefficient (Wildman–Crippen LogP) is 4.37. The molecule has 2 rings (SSSR count). The first kappa shape index (κ1) is 21.2. The number of hydrogen-bond donors (Lipinski definition) is 2. The fraction of sp³-hybridized carbons (Fsp3) is 0.381. The Labute approximate surface area is 157 Å². The van der Waals surface area contributed by atoms with E-state index in [-0.39, 0.29) is 35.8 Å². The lowest BCUT2D eigenvalue weighted by molar-refractivity contribution is -0.122. The second kappa shape index (κ2) is 9.59. The van der Waals surface area contributed by atoms with E-state index in [0.29, 0.717) is 6.42 Å². The molecular weight excluding hydrogens is 332 g/mol. The van der Waals surface area contributed by atoms with Crippen molar-refractivity contribution in [3.05, 3.63) is 71.8 Å². The van der Waals surface area contributed by atoms with Gasteiger partial charge in [0.05, 0.1) is 0 Å². The molecule has 3 N–H and O–H groups in total. The number of nitrogens with one attached hydrogen (secondary N) is 1. The Hall–Kier alpha value is -1.84. The summed E-state index contributed by atoms with van der Waals surface area (Å²) < 4.78 is 0. The van der Waals surface area contributed by atoms with Gasteiger partial charge < -0.3 is 11.1 Å². The lowest BCUT2D eigenvalue weighted by Crippen LogP contribution is -2.38. The third-order valence-corrected chi connectivity index (χ3v) is 4.41. The third kappa shape index (κ3) is 6.52. The van der Waals surface area contributed by atoms with Crippen molar-refractivity contribution in [1.29, 1.82) is 0 Å². The van der Waals surface area contributed by atoms with Crippen molar-refractivity contribution >= 4 is 18.3 Å². The normalized spacial score (nSPS) is 13.4. The maximum absolute atomic E-state index is 12.3. The highest BCUT2D eigenvalue weighted by atomic mass is 35.5. The Bertz CT molecular complexity index is 643. The third-order valence-electron chi connectivity index (χ3n) is 4.41. The zero-order valence-electron chi connectivity index (χ0n) is 15.2. The number of amides is 1. The van der Waals surface area contributed by atoms with Gasteiger partial charge in [0.2, 0.25) is 5.91 Å². The molecule has 0 aromatic heterocycles. The highest BCUT2D eigenvalue weighted by molar-refractivity contribution is 5.85. The van der Waals surface area contributed by atoms with Crippen LogP contribution in [0.4, 0.5) is 0 Å². The van der Waals surface area contributed by atoms with Crippen LogP contribution in [0.2, 0.25) is 0 Å². The quantitative estimate of drug-likeness (QED) is 0.770. The fourth-order valence-electron chi connectivity index (χ4n) is 3.18. The van der Waals surface area contributed by atoms with Crippen molar-refractivity contribution in [3.63, 3.8) is 0 Å². The zero-order valence-corrected chi connectivity index (χ0v) is 16.1. The lowest BCUT2D eigenvalue weighted by atomic mass is 9.79. The smallest absolute Gasteiger partial charge is 0.222 e. The van der Waals surface area contributed by atoms with Crippen LogP contribution in [-0.2, 0) is 10.2 Å². The minimum atomic E-state index is -0.263. The van der Waals surface area contributed by atoms with Crippen LogP contribution in [0.15, 0.2) is 60.7 Å². The summed E-state index contributed by atoms with van der Waals surface area (Å²) in [5, 5.41) is 3.09. The van der Waals surface area contributed by atoms with Gasteiger partial charge in [0.25, 0.3) is 0 Å². The molecule has 0 saturated heterocycles. The van der Waals surface area contributed by atoms with E-state index in [0.717, 1.165) is 12.0 Å². The van der Waals surface area contributed by atoms with E-state index in [1.54, 1.807) is 0 Å². The van der Waals surface area contributed by atoms with E-state index in [1.807, 2.05) is 36.4 Å². The monoisotopic (exact) mass is 360 g/mol. The number of benzene rings is 2. The van der Waals surface area contributed by atoms with Gasteiger partial charge in [-0.1, -0.05) is 74.5 Å². The van der Waals surface area contributed by atoms with Crippen molar-refractivity contribution in [2.75, 3.05) is 0 Å². The summed E-state index contributed by atoms with van der Waals surface area (Å²) in [6.07, 6.45) is 1.18. The number of rotatable bonds is 7. The molecule has 1 amide bonds. The second-order valence-electron chi connectivity index (χ2n) is 7.14. The van der Waals surface area contributed by atoms with Crippen molar-refractivity contribution < 1.29 is 4.79 Å². The van der Waals surface area contributed by atoms with E-state index in [9.17, 15) is 4.79 Å². The number of nitrogens with two attached hydrogens (primary N) is 1. The molecule has 3 nitrogen and oxygen atoms in total. The molecule has 0 aliphatic heterocycles. The lowest BCUT2D eigenvalue weighted by Gasteiger charge is -2.29. The Morgan fingerprint density at radius 3 is 2.12 bits per heavy atom. The topological polar surface area (TPSA) is 55.1 Å². The molecule has 0 fully saturated rings. The molecule has 2 atom stereocenters. The Kier molecular flexibility index (Phi) is 8.14. The molecule has 0 bridgehead atoms. The molecule has 0 heterocycles. The molecule has 0 aliphatic carbocycles. The molecule has 2 aromatic rings. The average molecular weight is 361 g/mol. The molecule has 0 aliphatic rings. The van der Waals surface area contributed by atoms with Crippen molar-refractivity contribution in [2.45, 2.75) is 51.1 Å². The summed E-state index contributed by atoms with van der Waals surface area (Å²) in [5.41, 5.74) is 8.41. The Balaban J connectivity index is 0.00000312. The second-order valence-corrected chi connectivity index (χ2v) is 7.14. The van der Waals surface area contributed by atoms with E-state index in [2.05, 4.69) is 50.4 Å². The van der Waals surface area contributed by atoms with Crippen LogP contribution in [0.1, 0.15) is 50.8 Å². The van der Waals surface area contributed by atoms with Crippen molar-refractivity contribution in [3.8, 4) is 0 Å². The maximum atomic E-state index is 12.3. The molecular formula is C21H29ClN2O. The van der Waals surface area contributed by atoms with E-state index in [1.165, 1.54) is 5.56 Å². The van der Waals surface area contributed by atoms with Crippen molar-refractivity contribution in [2.24, 2.45) is 5.73 Å². The number of carbonyl (C=O) groups is 1. The average Bonchev–Trinajstić information content (AvgIpc) is 2.55. The van der Waals surface area contributed by atoms with Crippen LogP contribution in [0.25, 0.3) is 0 Å². The first-order valence-corrected chi connectivity index (χ1v) is 8.54. The molecule has 0 spiro atoms. The molecule has 0 radical (unpaired) electrons. The van der Waals surface area contributed by atoms with Gasteiger partial charge in [-0.3, -0.25) is 4.79 Å². The van der Waals surface area contributed by atoms with Gasteiger partial charge in [-0.15, -0.1) is 12.4 Å². The largest absolute Gasteiger partial charge is 0.354 e. The minimum Gasteiger partial charge on any atom is -0.354 e. The summed E-state index contributed by atoms with van der Waals surface area (Å²) >= 11 is 0. The van der Waals surface area contributed by atoms with Gasteiger partial charge >= 0.3 is 0 Å². The molecule has 4 heteroatoms. The number of carbonyl (C=O) groups excluding carboxylic acids is 1. The zero-order chi connectivity index (χ0) is 17.6. The van der Waals surface area contributed by atoms with Crippen LogP contribution >= 0.6 is 12.4 Å². The maximum Gasteiger partial charge on any atom is 0.222 e. The predicted molar refractivity (Wildman–Crippen MR) is 107 cm³/mol. The standard InChI is InChI=1S/C21H28N2O.ClH/c1-16(15-21(2,3)18-12-8-5-9-13-18)23-20(24)14-19(22)17-10-6-4-7-11-17;/h4-13,16,19H,14-15,22H2,1-3H3,(H,23,24);1H. The summed E-state index contributed by atoms with van der Waals surface area (Å²) in [6.45, 7) is 6.47. The van der Waals surface area contributed by atoms with E-state index in [4.69, 9.17) is 5.73 Å². The van der Waals surface area contributed by atoms with E-state index >= 15 is 0 Å². The first-order valence-electron chi connectivity index (χ1n) is 8.54. The molecule has 136 valence electrons. The number of hydrogen-bond acceptors (Lipinski definition) is 2. The van der Waals surface area contributed by atoms with Crippen LogP contribution in [0.5, 0.6) is 0 Å². The van der Waals surface area contributed by atoms with Gasteiger partial charge in [-0.05, 0) is 29.9 Å². The van der Waals surface area contributed by atoms with Crippen LogP contribution in [-0.4, -0.2) is 11.9 Å². The van der Waals surface area contributed by atoms with Crippen LogP contribution in [0.3, 0.4) is 0 Å². The summed E-state index contributed by atoms with van der Waals surface area (Å²) in [6, 6.07) is 20.0. The molecule has 2 unspecified atom stereocenters. The van der Waals surface area contributed by atoms with Gasteiger partial charge in [0.1, 0.15) is 0 Å². The molecule has 0 saturated carbocycles. The highest BCUT2D eigenvalue weighted by Crippen LogP contribution is 2.28. The van der Waals surface area contributed by atoms with E-state index < -0.39 is 0 Å². The highest BCUT2D eigenvalue weighted by Gasteiger charge is 2.24. The SMILES string of the molecule is CC(CC(C)(C)c1ccccc1)NC(=O)CC(N)c1ccccc1.Cl. The first-order chi connectivity index (χ1) is 11.4.